The van der Waals surface area contributed by atoms with Crippen LogP contribution in [0.3, 0.4) is 0 Å². The molecule has 0 saturated heterocycles. The summed E-state index contributed by atoms with van der Waals surface area (Å²) in [5.41, 5.74) is 1.65. The SMILES string of the molecule is O=C(O)c1cc(-c2ccccn2)nn1-c1ccc(O)cc1. The standard InChI is InChI=1S/C15H11N3O3/c19-11-6-4-10(5-7-11)18-14(15(20)21)9-13(17-18)12-3-1-2-8-16-12/h1-9,19H,(H,20,21). The first-order valence-corrected chi connectivity index (χ1v) is 6.19. The maximum absolute atomic E-state index is 11.4. The van der Waals surface area contributed by atoms with Gasteiger partial charge in [-0.05, 0) is 36.4 Å². The Morgan fingerprint density at radius 1 is 1.05 bits per heavy atom. The van der Waals surface area contributed by atoms with E-state index in [0.29, 0.717) is 17.1 Å². The van der Waals surface area contributed by atoms with Crippen molar-refractivity contribution in [2.45, 2.75) is 0 Å². The van der Waals surface area contributed by atoms with Gasteiger partial charge in [0, 0.05) is 12.3 Å². The van der Waals surface area contributed by atoms with Gasteiger partial charge >= 0.3 is 5.97 Å². The Labute approximate surface area is 119 Å². The van der Waals surface area contributed by atoms with Crippen LogP contribution in [-0.2, 0) is 0 Å². The van der Waals surface area contributed by atoms with E-state index in [1.807, 2.05) is 6.07 Å². The van der Waals surface area contributed by atoms with Crippen LogP contribution in [0.2, 0.25) is 0 Å². The van der Waals surface area contributed by atoms with Gasteiger partial charge in [-0.2, -0.15) is 5.10 Å². The largest absolute Gasteiger partial charge is 0.508 e. The van der Waals surface area contributed by atoms with Gasteiger partial charge in [-0.15, -0.1) is 0 Å². The number of rotatable bonds is 3. The van der Waals surface area contributed by atoms with E-state index in [9.17, 15) is 15.0 Å². The van der Waals surface area contributed by atoms with Gasteiger partial charge in [-0.3, -0.25) is 4.98 Å². The molecular formula is C15H11N3O3. The molecule has 3 rings (SSSR count). The van der Waals surface area contributed by atoms with Crippen LogP contribution >= 0.6 is 0 Å². The molecule has 6 nitrogen and oxygen atoms in total. The zero-order valence-electron chi connectivity index (χ0n) is 10.8. The predicted molar refractivity (Wildman–Crippen MR) is 75.4 cm³/mol. The van der Waals surface area contributed by atoms with Crippen molar-refractivity contribution < 1.29 is 15.0 Å². The number of hydrogen-bond donors (Lipinski definition) is 2. The fourth-order valence-corrected chi connectivity index (χ4v) is 1.96. The number of nitrogens with zero attached hydrogens (tertiary/aromatic N) is 3. The summed E-state index contributed by atoms with van der Waals surface area (Å²) in [6.07, 6.45) is 1.62. The van der Waals surface area contributed by atoms with E-state index in [2.05, 4.69) is 10.1 Å². The normalized spacial score (nSPS) is 10.5. The molecule has 1 aromatic carbocycles. The number of aromatic nitrogens is 3. The van der Waals surface area contributed by atoms with E-state index in [-0.39, 0.29) is 11.4 Å². The van der Waals surface area contributed by atoms with Crippen LogP contribution in [0, 0.1) is 0 Å². The molecule has 2 aromatic heterocycles. The number of carboxylic acid groups (broad SMARTS) is 1. The summed E-state index contributed by atoms with van der Waals surface area (Å²) in [5, 5.41) is 22.9. The Balaban J connectivity index is 2.14. The molecular weight excluding hydrogens is 270 g/mol. The summed E-state index contributed by atoms with van der Waals surface area (Å²) < 4.78 is 1.31. The van der Waals surface area contributed by atoms with E-state index in [0.717, 1.165) is 0 Å². The number of aromatic carboxylic acids is 1. The minimum atomic E-state index is -1.09. The van der Waals surface area contributed by atoms with Gasteiger partial charge in [0.05, 0.1) is 11.4 Å². The first-order chi connectivity index (χ1) is 10.1. The molecule has 3 aromatic rings. The number of carbonyl (C=O) groups is 1. The predicted octanol–water partition coefficient (Wildman–Crippen LogP) is 2.34. The molecule has 21 heavy (non-hydrogen) atoms. The monoisotopic (exact) mass is 281 g/mol. The number of aromatic hydroxyl groups is 1. The van der Waals surface area contributed by atoms with Crippen LogP contribution in [-0.4, -0.2) is 30.9 Å². The van der Waals surface area contributed by atoms with Crippen LogP contribution in [0.5, 0.6) is 5.75 Å². The Morgan fingerprint density at radius 3 is 2.43 bits per heavy atom. The van der Waals surface area contributed by atoms with Crippen molar-refractivity contribution >= 4 is 5.97 Å². The Kier molecular flexibility index (Phi) is 3.12. The number of hydrogen-bond acceptors (Lipinski definition) is 4. The van der Waals surface area contributed by atoms with E-state index in [1.54, 1.807) is 30.5 Å². The third-order valence-electron chi connectivity index (χ3n) is 2.95. The van der Waals surface area contributed by atoms with Gasteiger partial charge < -0.3 is 10.2 Å². The summed E-state index contributed by atoms with van der Waals surface area (Å²) >= 11 is 0. The smallest absolute Gasteiger partial charge is 0.354 e. The number of benzene rings is 1. The maximum atomic E-state index is 11.4. The second kappa shape index (κ2) is 5.09. The lowest BCUT2D eigenvalue weighted by Gasteiger charge is -2.04. The maximum Gasteiger partial charge on any atom is 0.354 e. The highest BCUT2D eigenvalue weighted by atomic mass is 16.4. The molecule has 0 spiro atoms. The van der Waals surface area contributed by atoms with Crippen molar-refractivity contribution in [3.05, 3.63) is 60.4 Å². The zero-order chi connectivity index (χ0) is 14.8. The third-order valence-corrected chi connectivity index (χ3v) is 2.95. The molecule has 0 aliphatic heterocycles. The number of pyridine rings is 1. The van der Waals surface area contributed by atoms with Crippen molar-refractivity contribution in [2.75, 3.05) is 0 Å². The van der Waals surface area contributed by atoms with Crippen LogP contribution in [0.15, 0.2) is 54.7 Å². The highest BCUT2D eigenvalue weighted by Crippen LogP contribution is 2.21. The average molecular weight is 281 g/mol. The highest BCUT2D eigenvalue weighted by molar-refractivity contribution is 5.88. The molecule has 0 atom stereocenters. The Bertz CT molecular complexity index is 780. The van der Waals surface area contributed by atoms with Gasteiger partial charge in [0.1, 0.15) is 11.4 Å². The van der Waals surface area contributed by atoms with Gasteiger partial charge in [-0.25, -0.2) is 9.48 Å². The quantitative estimate of drug-likeness (QED) is 0.769. The van der Waals surface area contributed by atoms with Crippen molar-refractivity contribution in [1.82, 2.24) is 14.8 Å². The van der Waals surface area contributed by atoms with E-state index >= 15 is 0 Å². The second-order valence-corrected chi connectivity index (χ2v) is 4.36. The first kappa shape index (κ1) is 12.9. The van der Waals surface area contributed by atoms with Crippen molar-refractivity contribution in [1.29, 1.82) is 0 Å². The Morgan fingerprint density at radius 2 is 1.81 bits per heavy atom. The summed E-state index contributed by atoms with van der Waals surface area (Å²) in [7, 11) is 0. The lowest BCUT2D eigenvalue weighted by atomic mass is 10.2. The first-order valence-electron chi connectivity index (χ1n) is 6.19. The van der Waals surface area contributed by atoms with Gasteiger partial charge in [0.15, 0.2) is 5.69 Å². The summed E-state index contributed by atoms with van der Waals surface area (Å²) in [5.74, 6) is -0.981. The molecule has 0 aliphatic carbocycles. The van der Waals surface area contributed by atoms with Crippen molar-refractivity contribution in [2.24, 2.45) is 0 Å². The van der Waals surface area contributed by atoms with Crippen LogP contribution in [0.25, 0.3) is 17.1 Å². The molecule has 0 aliphatic rings. The minimum Gasteiger partial charge on any atom is -0.508 e. The third kappa shape index (κ3) is 2.46. The van der Waals surface area contributed by atoms with Crippen molar-refractivity contribution in [3.63, 3.8) is 0 Å². The van der Waals surface area contributed by atoms with Crippen LogP contribution in [0.4, 0.5) is 0 Å². The number of phenolic OH excluding ortho intramolecular Hbond substituents is 1. The van der Waals surface area contributed by atoms with E-state index in [1.165, 1.54) is 22.9 Å². The fourth-order valence-electron chi connectivity index (χ4n) is 1.96. The molecule has 2 N–H and O–H groups in total. The average Bonchev–Trinajstić information content (AvgIpc) is 2.94. The molecule has 104 valence electrons. The molecule has 0 fully saturated rings. The lowest BCUT2D eigenvalue weighted by Crippen LogP contribution is -2.07. The molecule has 6 heteroatoms. The van der Waals surface area contributed by atoms with Gasteiger partial charge in [-0.1, -0.05) is 6.07 Å². The van der Waals surface area contributed by atoms with Gasteiger partial charge in [0.2, 0.25) is 0 Å². The molecule has 0 amide bonds. The number of carboxylic acids is 1. The van der Waals surface area contributed by atoms with E-state index in [4.69, 9.17) is 0 Å². The lowest BCUT2D eigenvalue weighted by molar-refractivity contribution is 0.0687. The molecule has 0 unspecified atom stereocenters. The van der Waals surface area contributed by atoms with E-state index < -0.39 is 5.97 Å². The fraction of sp³-hybridized carbons (Fsp3) is 0. The molecule has 0 radical (unpaired) electrons. The topological polar surface area (TPSA) is 88.2 Å². The zero-order valence-corrected chi connectivity index (χ0v) is 10.8. The number of phenols is 1. The minimum absolute atomic E-state index is 0.0290. The van der Waals surface area contributed by atoms with Crippen LogP contribution < -0.4 is 0 Å². The molecule has 0 bridgehead atoms. The van der Waals surface area contributed by atoms with Crippen LogP contribution in [0.1, 0.15) is 10.5 Å². The summed E-state index contributed by atoms with van der Waals surface area (Å²) in [6.45, 7) is 0. The molecule has 0 saturated carbocycles. The highest BCUT2D eigenvalue weighted by Gasteiger charge is 2.17. The second-order valence-electron chi connectivity index (χ2n) is 4.36. The summed E-state index contributed by atoms with van der Waals surface area (Å²) in [6, 6.07) is 13.0. The molecule has 2 heterocycles. The Hall–Kier alpha value is -3.15. The van der Waals surface area contributed by atoms with Crippen molar-refractivity contribution in [3.8, 4) is 22.8 Å². The summed E-state index contributed by atoms with van der Waals surface area (Å²) in [4.78, 5) is 15.5. The van der Waals surface area contributed by atoms with Gasteiger partial charge in [0.25, 0.3) is 0 Å².